The van der Waals surface area contributed by atoms with Crippen LogP contribution in [0.1, 0.15) is 188 Å². The molecule has 5 heteroatoms. The van der Waals surface area contributed by atoms with Crippen molar-refractivity contribution in [3.05, 3.63) is 204 Å². The molecule has 74 heavy (non-hydrogen) atoms. The predicted molar refractivity (Wildman–Crippen MR) is 356 cm³/mol. The highest BCUT2D eigenvalue weighted by molar-refractivity contribution is 8.09. The van der Waals surface area contributed by atoms with Crippen molar-refractivity contribution >= 4 is 79.3 Å². The Morgan fingerprint density at radius 3 is 1.11 bits per heavy atom. The summed E-state index contributed by atoms with van der Waals surface area (Å²) in [6, 6.07) is 51.9. The third kappa shape index (κ3) is 38.9. The zero-order valence-electron chi connectivity index (χ0n) is 48.5. The van der Waals surface area contributed by atoms with E-state index in [1.165, 1.54) is 167 Å². The highest BCUT2D eigenvalue weighted by Crippen LogP contribution is 2.32. The second-order valence-electron chi connectivity index (χ2n) is 17.7. The minimum atomic E-state index is 0.896. The van der Waals surface area contributed by atoms with E-state index in [0.29, 0.717) is 0 Å². The van der Waals surface area contributed by atoms with Gasteiger partial charge in [-0.3, -0.25) is 0 Å². The van der Waals surface area contributed by atoms with Gasteiger partial charge < -0.3 is 0 Å². The van der Waals surface area contributed by atoms with Crippen molar-refractivity contribution in [2.75, 3.05) is 28.8 Å². The van der Waals surface area contributed by atoms with Crippen LogP contribution in [0.5, 0.6) is 0 Å². The first-order valence-corrected chi connectivity index (χ1v) is 32.3. The summed E-state index contributed by atoms with van der Waals surface area (Å²) in [5, 5.41) is 0. The summed E-state index contributed by atoms with van der Waals surface area (Å²) >= 11 is 11.9. The molecule has 0 amide bonds. The zero-order chi connectivity index (χ0) is 55.3. The third-order valence-corrected chi connectivity index (χ3v) is 16.3. The van der Waals surface area contributed by atoms with E-state index in [1.54, 1.807) is 0 Å². The molecule has 5 aromatic rings. The first-order valence-electron chi connectivity index (χ1n) is 28.2. The van der Waals surface area contributed by atoms with Crippen LogP contribution in [0, 0.1) is 12.3 Å². The van der Waals surface area contributed by atoms with Crippen LogP contribution in [0.4, 0.5) is 0 Å². The maximum Gasteiger partial charge on any atom is 0.124 e. The molecule has 0 radical (unpaired) electrons. The molecule has 404 valence electrons. The van der Waals surface area contributed by atoms with Crippen LogP contribution in [0.2, 0.25) is 0 Å². The lowest BCUT2D eigenvalue weighted by atomic mass is 10.1. The van der Waals surface area contributed by atoms with E-state index in [4.69, 9.17) is 1.37 Å². The quantitative estimate of drug-likeness (QED) is 0.0316. The number of thioether (sulfide) groups is 4. The molecule has 0 spiro atoms. The van der Waals surface area contributed by atoms with Crippen LogP contribution in [0.3, 0.4) is 0 Å². The van der Waals surface area contributed by atoms with Gasteiger partial charge in [0.25, 0.3) is 0 Å². The fourth-order valence-corrected chi connectivity index (χ4v) is 11.1. The van der Waals surface area contributed by atoms with Gasteiger partial charge in [-0.1, -0.05) is 269 Å². The molecule has 0 bridgehead atoms. The molecule has 5 aromatic carbocycles. The van der Waals surface area contributed by atoms with Crippen molar-refractivity contribution in [1.29, 1.82) is 0 Å². The number of allylic oxidation sites excluding steroid dienone is 3. The maximum absolute atomic E-state index is 6.58. The fraction of sp³-hybridized carbons (Fsp3) is 0.420. The van der Waals surface area contributed by atoms with E-state index >= 15 is 0 Å². The maximum atomic E-state index is 6.58. The highest BCUT2D eigenvalue weighted by Gasteiger charge is 2.04. The van der Waals surface area contributed by atoms with Gasteiger partial charge >= 0.3 is 0 Å². The van der Waals surface area contributed by atoms with E-state index in [1.807, 2.05) is 83.4 Å². The van der Waals surface area contributed by atoms with Gasteiger partial charge in [-0.05, 0) is 123 Å². The Hall–Kier alpha value is -3.63. The molecule has 0 aromatic heterocycles. The molecule has 0 heterocycles. The van der Waals surface area contributed by atoms with Crippen molar-refractivity contribution in [2.45, 2.75) is 159 Å². The molecule has 5 rings (SSSR count). The average molecular weight is 1090 g/mol. The van der Waals surface area contributed by atoms with Gasteiger partial charge in [0.05, 0.1) is 0 Å². The highest BCUT2D eigenvalue weighted by atomic mass is 32.2. The van der Waals surface area contributed by atoms with Crippen LogP contribution >= 0.6 is 59.7 Å². The van der Waals surface area contributed by atoms with Crippen LogP contribution in [0.15, 0.2) is 176 Å². The van der Waals surface area contributed by atoms with Gasteiger partial charge in [-0.15, -0.1) is 53.4 Å². The Labute approximate surface area is 480 Å². The molecule has 0 aliphatic rings. The number of benzene rings is 5. The number of hydrogen-bond donors (Lipinski definition) is 1. The molecular formula is C69H98S5. The monoisotopic (exact) mass is 1090 g/mol. The normalized spacial score (nSPS) is 10.5. The first kappa shape index (κ1) is 68.4. The Morgan fingerprint density at radius 2 is 0.784 bits per heavy atom. The van der Waals surface area contributed by atoms with Crippen LogP contribution in [0.25, 0.3) is 19.6 Å². The molecule has 0 nitrogen and oxygen atoms in total. The first-order chi connectivity index (χ1) is 36.7. The molecule has 0 aliphatic carbocycles. The molecular weight excluding hydrogens is 989 g/mol. The largest absolute Gasteiger partial charge is 0.179 e. The Bertz CT molecular complexity index is 2120. The molecule has 0 saturated heterocycles. The van der Waals surface area contributed by atoms with E-state index in [0.717, 1.165) is 11.3 Å². The van der Waals surface area contributed by atoms with Gasteiger partial charge in [-0.2, -0.15) is 12.6 Å². The van der Waals surface area contributed by atoms with Crippen LogP contribution in [-0.2, 0) is 0 Å². The zero-order valence-corrected chi connectivity index (χ0v) is 51.7. The Kier molecular flexibility index (Phi) is 48.8. The molecule has 0 unspecified atom stereocenters. The van der Waals surface area contributed by atoms with E-state index in [-0.39, 0.29) is 0 Å². The summed E-state index contributed by atoms with van der Waals surface area (Å²) in [6.07, 6.45) is 26.3. The lowest BCUT2D eigenvalue weighted by Crippen LogP contribution is -1.86. The van der Waals surface area contributed by atoms with E-state index < -0.39 is 0 Å². The third-order valence-electron chi connectivity index (χ3n) is 10.9. The van der Waals surface area contributed by atoms with Crippen molar-refractivity contribution in [3.8, 4) is 12.3 Å². The second-order valence-corrected chi connectivity index (χ2v) is 22.7. The standard InChI is InChI=1S/C15H22S.2C14H20S.C13H18S.C8H6.C5H12S/c1-4-5-9-12-16-15(13(2)3)14-10-7-6-8-11-14;2*1-3-5-9-12-15-14(4-2)13-10-7-6-8-11-13;1-3-4-8-11-14-12(2)13-9-6-5-7-10-13;1-2-8-6-4-3-5-7-8;1-2-3-4-5-6/h6-8,10-11H,4-5,9,12H2,1-3H3;2*4,6-8,10-11H,3,5,9,12H2,1-2H3;5-7,9-10H,2-4,8,11H2,1H3;1,3-7H;6H,2-5H2,1H3/b;14-4+;14-4-;;;/i;;;;1D;. The van der Waals surface area contributed by atoms with Gasteiger partial charge in [0.15, 0.2) is 0 Å². The van der Waals surface area contributed by atoms with Gasteiger partial charge in [0, 0.05) is 25.2 Å². The van der Waals surface area contributed by atoms with Crippen molar-refractivity contribution < 1.29 is 1.37 Å². The lowest BCUT2D eigenvalue weighted by molar-refractivity contribution is 0.779. The SMILES string of the molecule is C/C=C(/SCCCCC)c1ccccc1.C/C=C(\SCCCCC)c1ccccc1.C=C(SCCCCC)c1ccccc1.CCCCCS.CCCCCSC(=C(C)C)c1ccccc1.[2H]C#Cc1ccccc1. The van der Waals surface area contributed by atoms with Crippen LogP contribution < -0.4 is 0 Å². The smallest absolute Gasteiger partial charge is 0.124 e. The van der Waals surface area contributed by atoms with Gasteiger partial charge in [-0.25, -0.2) is 0 Å². The molecule has 0 aliphatic heterocycles. The summed E-state index contributed by atoms with van der Waals surface area (Å²) in [7, 11) is 0. The topological polar surface area (TPSA) is 0 Å². The van der Waals surface area contributed by atoms with Gasteiger partial charge in [0.2, 0.25) is 0 Å². The number of unbranched alkanes of at least 4 members (excludes halogenated alkanes) is 10. The van der Waals surface area contributed by atoms with Crippen LogP contribution in [-0.4, -0.2) is 28.8 Å². The number of thiol groups is 1. The number of rotatable bonds is 27. The summed E-state index contributed by atoms with van der Waals surface area (Å²) in [4.78, 5) is 5.47. The Morgan fingerprint density at radius 1 is 0.459 bits per heavy atom. The van der Waals surface area contributed by atoms with Crippen molar-refractivity contribution in [2.24, 2.45) is 0 Å². The summed E-state index contributed by atoms with van der Waals surface area (Å²) < 4.78 is 6.58. The van der Waals surface area contributed by atoms with Crippen molar-refractivity contribution in [3.63, 3.8) is 0 Å². The number of terminal acetylenes is 1. The summed E-state index contributed by atoms with van der Waals surface area (Å²) in [5.74, 6) is 8.59. The van der Waals surface area contributed by atoms with Gasteiger partial charge in [0.1, 0.15) is 1.37 Å². The lowest BCUT2D eigenvalue weighted by Gasteiger charge is -2.09. The second kappa shape index (κ2) is 52.8. The molecule has 0 N–H and O–H groups in total. The minimum Gasteiger partial charge on any atom is -0.179 e. The van der Waals surface area contributed by atoms with E-state index in [2.05, 4.69) is 221 Å². The number of hydrogen-bond acceptors (Lipinski definition) is 5. The van der Waals surface area contributed by atoms with E-state index in [9.17, 15) is 0 Å². The summed E-state index contributed by atoms with van der Waals surface area (Å²) in [5.41, 5.74) is 7.64. The molecule has 0 fully saturated rings. The van der Waals surface area contributed by atoms with Crippen molar-refractivity contribution in [1.82, 2.24) is 0 Å². The molecule has 0 saturated carbocycles. The fourth-order valence-electron chi connectivity index (χ4n) is 6.71. The minimum absolute atomic E-state index is 0.896. The summed E-state index contributed by atoms with van der Waals surface area (Å²) in [6.45, 7) is 23.9. The molecule has 0 atom stereocenters. The predicted octanol–water partition coefficient (Wildman–Crippen LogP) is 23.7. The average Bonchev–Trinajstić information content (AvgIpc) is 3.46. The Balaban J connectivity index is 0.000000895.